The van der Waals surface area contributed by atoms with Crippen LogP contribution in [0.25, 0.3) is 0 Å². The molecule has 0 N–H and O–H groups in total. The van der Waals surface area contributed by atoms with E-state index >= 15 is 0 Å². The summed E-state index contributed by atoms with van der Waals surface area (Å²) in [7, 11) is -3.37. The molecule has 1 saturated heterocycles. The fourth-order valence-corrected chi connectivity index (χ4v) is 4.58. The van der Waals surface area contributed by atoms with Gasteiger partial charge in [-0.1, -0.05) is 25.0 Å². The first-order chi connectivity index (χ1) is 9.07. The van der Waals surface area contributed by atoms with E-state index in [-0.39, 0.29) is 0 Å². The van der Waals surface area contributed by atoms with Crippen LogP contribution in [0.1, 0.15) is 36.8 Å². The van der Waals surface area contributed by atoms with Crippen LogP contribution in [0.15, 0.2) is 23.1 Å². The van der Waals surface area contributed by atoms with E-state index in [1.807, 2.05) is 13.0 Å². The van der Waals surface area contributed by atoms with Gasteiger partial charge in [-0.05, 0) is 37.0 Å². The SMILES string of the molecule is Cc1c(CCl)cccc1S(=O)(=O)N1CCCCCC1. The Morgan fingerprint density at radius 3 is 2.37 bits per heavy atom. The number of alkyl halides is 1. The molecule has 0 atom stereocenters. The van der Waals surface area contributed by atoms with Gasteiger partial charge < -0.3 is 0 Å². The summed E-state index contributed by atoms with van der Waals surface area (Å²) in [6, 6.07) is 5.34. The Balaban J connectivity index is 2.38. The molecule has 0 spiro atoms. The molecule has 19 heavy (non-hydrogen) atoms. The van der Waals surface area contributed by atoms with Crippen molar-refractivity contribution < 1.29 is 8.42 Å². The molecule has 2 rings (SSSR count). The summed E-state index contributed by atoms with van der Waals surface area (Å²) in [5, 5.41) is 0. The third kappa shape index (κ3) is 3.12. The highest BCUT2D eigenvalue weighted by Crippen LogP contribution is 2.25. The molecule has 0 aromatic heterocycles. The minimum atomic E-state index is -3.37. The third-order valence-electron chi connectivity index (χ3n) is 3.72. The lowest BCUT2D eigenvalue weighted by Gasteiger charge is -2.21. The van der Waals surface area contributed by atoms with Crippen molar-refractivity contribution in [3.63, 3.8) is 0 Å². The van der Waals surface area contributed by atoms with Gasteiger partial charge in [0.2, 0.25) is 10.0 Å². The lowest BCUT2D eigenvalue weighted by molar-refractivity contribution is 0.423. The number of sulfonamides is 1. The first-order valence-corrected chi connectivity index (χ1v) is 8.69. The quantitative estimate of drug-likeness (QED) is 0.803. The second-order valence-electron chi connectivity index (χ2n) is 4.99. The molecular weight excluding hydrogens is 282 g/mol. The molecule has 0 saturated carbocycles. The molecule has 1 aliphatic heterocycles. The minimum absolute atomic E-state index is 0.342. The molecule has 1 aliphatic rings. The molecule has 1 fully saturated rings. The van der Waals surface area contributed by atoms with Crippen molar-refractivity contribution >= 4 is 21.6 Å². The zero-order valence-corrected chi connectivity index (χ0v) is 12.8. The van der Waals surface area contributed by atoms with Gasteiger partial charge >= 0.3 is 0 Å². The van der Waals surface area contributed by atoms with Gasteiger partial charge in [-0.15, -0.1) is 11.6 Å². The predicted octanol–water partition coefficient (Wildman–Crippen LogP) is 3.30. The lowest BCUT2D eigenvalue weighted by Crippen LogP contribution is -2.32. The number of rotatable bonds is 3. The summed E-state index contributed by atoms with van der Waals surface area (Å²) in [6.07, 6.45) is 4.14. The Morgan fingerprint density at radius 1 is 1.16 bits per heavy atom. The third-order valence-corrected chi connectivity index (χ3v) is 6.05. The van der Waals surface area contributed by atoms with Crippen LogP contribution in [0.5, 0.6) is 0 Å². The van der Waals surface area contributed by atoms with Crippen LogP contribution in [0, 0.1) is 6.92 Å². The molecular formula is C14H20ClNO2S. The maximum Gasteiger partial charge on any atom is 0.243 e. The largest absolute Gasteiger partial charge is 0.243 e. The standard InChI is InChI=1S/C14H20ClNO2S/c1-12-13(11-15)7-6-8-14(12)19(17,18)16-9-4-2-3-5-10-16/h6-8H,2-5,9-11H2,1H3. The molecule has 1 aromatic carbocycles. The Kier molecular flexibility index (Phi) is 4.87. The van der Waals surface area contributed by atoms with E-state index in [1.165, 1.54) is 0 Å². The van der Waals surface area contributed by atoms with Crippen LogP contribution >= 0.6 is 11.6 Å². The van der Waals surface area contributed by atoms with E-state index in [0.717, 1.165) is 36.8 Å². The molecule has 0 radical (unpaired) electrons. The molecule has 0 aliphatic carbocycles. The average Bonchev–Trinajstić information content (AvgIpc) is 2.68. The van der Waals surface area contributed by atoms with Crippen LogP contribution in [0.2, 0.25) is 0 Å². The van der Waals surface area contributed by atoms with E-state index in [1.54, 1.807) is 16.4 Å². The first-order valence-electron chi connectivity index (χ1n) is 6.72. The van der Waals surface area contributed by atoms with E-state index in [4.69, 9.17) is 11.6 Å². The van der Waals surface area contributed by atoms with Crippen molar-refractivity contribution in [3.8, 4) is 0 Å². The van der Waals surface area contributed by atoms with Crippen molar-refractivity contribution in [1.29, 1.82) is 0 Å². The zero-order chi connectivity index (χ0) is 13.9. The summed E-state index contributed by atoms with van der Waals surface area (Å²) < 4.78 is 27.0. The molecule has 106 valence electrons. The van der Waals surface area contributed by atoms with Gasteiger partial charge in [0.05, 0.1) is 4.90 Å². The van der Waals surface area contributed by atoms with Crippen LogP contribution in [0.4, 0.5) is 0 Å². The topological polar surface area (TPSA) is 37.4 Å². The number of nitrogens with zero attached hydrogens (tertiary/aromatic N) is 1. The highest BCUT2D eigenvalue weighted by molar-refractivity contribution is 7.89. The zero-order valence-electron chi connectivity index (χ0n) is 11.2. The maximum absolute atomic E-state index is 12.7. The normalized spacial score (nSPS) is 18.2. The first kappa shape index (κ1) is 14.8. The predicted molar refractivity (Wildman–Crippen MR) is 78.0 cm³/mol. The number of benzene rings is 1. The molecule has 1 heterocycles. The van der Waals surface area contributed by atoms with Gasteiger partial charge in [0.25, 0.3) is 0 Å². The summed E-state index contributed by atoms with van der Waals surface area (Å²) in [5.74, 6) is 0.342. The van der Waals surface area contributed by atoms with Crippen molar-refractivity contribution in [1.82, 2.24) is 4.31 Å². The molecule has 1 aromatic rings. The highest BCUT2D eigenvalue weighted by atomic mass is 35.5. The van der Waals surface area contributed by atoms with E-state index in [9.17, 15) is 8.42 Å². The summed E-state index contributed by atoms with van der Waals surface area (Å²) in [4.78, 5) is 0.410. The Labute approximate surface area is 120 Å². The van der Waals surface area contributed by atoms with Crippen LogP contribution in [-0.2, 0) is 15.9 Å². The monoisotopic (exact) mass is 301 g/mol. The van der Waals surface area contributed by atoms with Crippen LogP contribution < -0.4 is 0 Å². The molecule has 0 amide bonds. The van der Waals surface area contributed by atoms with E-state index in [0.29, 0.717) is 23.9 Å². The maximum atomic E-state index is 12.7. The number of hydrogen-bond donors (Lipinski definition) is 0. The second kappa shape index (κ2) is 6.25. The fourth-order valence-electron chi connectivity index (χ4n) is 2.51. The molecule has 0 bridgehead atoms. The molecule has 3 nitrogen and oxygen atoms in total. The lowest BCUT2D eigenvalue weighted by atomic mass is 10.1. The van der Waals surface area contributed by atoms with Crippen molar-refractivity contribution in [3.05, 3.63) is 29.3 Å². The van der Waals surface area contributed by atoms with Crippen LogP contribution in [0.3, 0.4) is 0 Å². The Bertz CT molecular complexity index is 534. The molecule has 0 unspecified atom stereocenters. The van der Waals surface area contributed by atoms with Gasteiger partial charge in [-0.2, -0.15) is 4.31 Å². The van der Waals surface area contributed by atoms with Crippen molar-refractivity contribution in [2.75, 3.05) is 13.1 Å². The van der Waals surface area contributed by atoms with Gasteiger partial charge in [-0.25, -0.2) is 8.42 Å². The van der Waals surface area contributed by atoms with Gasteiger partial charge in [0, 0.05) is 19.0 Å². The smallest absolute Gasteiger partial charge is 0.207 e. The minimum Gasteiger partial charge on any atom is -0.207 e. The van der Waals surface area contributed by atoms with Gasteiger partial charge in [-0.3, -0.25) is 0 Å². The summed E-state index contributed by atoms with van der Waals surface area (Å²) in [6.45, 7) is 3.10. The van der Waals surface area contributed by atoms with E-state index in [2.05, 4.69) is 0 Å². The second-order valence-corrected chi connectivity index (χ2v) is 7.17. The molecule has 5 heteroatoms. The Morgan fingerprint density at radius 2 is 1.79 bits per heavy atom. The summed E-state index contributed by atoms with van der Waals surface area (Å²) in [5.41, 5.74) is 1.67. The summed E-state index contributed by atoms with van der Waals surface area (Å²) >= 11 is 5.86. The van der Waals surface area contributed by atoms with Gasteiger partial charge in [0.1, 0.15) is 0 Å². The van der Waals surface area contributed by atoms with Gasteiger partial charge in [0.15, 0.2) is 0 Å². The van der Waals surface area contributed by atoms with Crippen molar-refractivity contribution in [2.45, 2.75) is 43.4 Å². The average molecular weight is 302 g/mol. The fraction of sp³-hybridized carbons (Fsp3) is 0.571. The van der Waals surface area contributed by atoms with E-state index < -0.39 is 10.0 Å². The Hall–Kier alpha value is -0.580. The number of halogens is 1. The van der Waals surface area contributed by atoms with Crippen molar-refractivity contribution in [2.24, 2.45) is 0 Å². The van der Waals surface area contributed by atoms with Crippen LogP contribution in [-0.4, -0.2) is 25.8 Å². The highest BCUT2D eigenvalue weighted by Gasteiger charge is 2.26. The number of hydrogen-bond acceptors (Lipinski definition) is 2.